The van der Waals surface area contributed by atoms with Gasteiger partial charge in [-0.2, -0.15) is 5.26 Å². The predicted molar refractivity (Wildman–Crippen MR) is 93.1 cm³/mol. The SMILES string of the molecule is C[C@@H](NC(=O)/C(C#N)=C/c1ccc(Cl)cc1Cl)c1ccccc1. The fraction of sp³-hybridized carbons (Fsp3) is 0.111. The summed E-state index contributed by atoms with van der Waals surface area (Å²) < 4.78 is 0. The van der Waals surface area contributed by atoms with E-state index in [2.05, 4.69) is 5.32 Å². The van der Waals surface area contributed by atoms with Crippen LogP contribution in [-0.2, 0) is 4.79 Å². The Bertz CT molecular complexity index is 779. The van der Waals surface area contributed by atoms with E-state index in [9.17, 15) is 10.1 Å². The fourth-order valence-corrected chi connectivity index (χ4v) is 2.49. The lowest BCUT2D eigenvalue weighted by Crippen LogP contribution is -2.27. The number of benzene rings is 2. The monoisotopic (exact) mass is 344 g/mol. The molecule has 3 nitrogen and oxygen atoms in total. The Kier molecular flexibility index (Phi) is 5.81. The molecule has 0 fully saturated rings. The molecule has 0 aliphatic rings. The highest BCUT2D eigenvalue weighted by Gasteiger charge is 2.14. The van der Waals surface area contributed by atoms with Crippen LogP contribution in [0.25, 0.3) is 6.08 Å². The minimum Gasteiger partial charge on any atom is -0.345 e. The maximum absolute atomic E-state index is 12.3. The van der Waals surface area contributed by atoms with Gasteiger partial charge >= 0.3 is 0 Å². The van der Waals surface area contributed by atoms with E-state index < -0.39 is 5.91 Å². The summed E-state index contributed by atoms with van der Waals surface area (Å²) in [4.78, 5) is 12.3. The Balaban J connectivity index is 2.19. The van der Waals surface area contributed by atoms with Crippen molar-refractivity contribution in [1.82, 2.24) is 5.32 Å². The van der Waals surface area contributed by atoms with E-state index in [0.29, 0.717) is 15.6 Å². The highest BCUT2D eigenvalue weighted by Crippen LogP contribution is 2.23. The zero-order valence-corrected chi connectivity index (χ0v) is 13.9. The van der Waals surface area contributed by atoms with Gasteiger partial charge in [-0.15, -0.1) is 0 Å². The van der Waals surface area contributed by atoms with Crippen LogP contribution in [0.3, 0.4) is 0 Å². The van der Waals surface area contributed by atoms with Gasteiger partial charge in [0.05, 0.1) is 6.04 Å². The zero-order chi connectivity index (χ0) is 16.8. The number of carbonyl (C=O) groups is 1. The van der Waals surface area contributed by atoms with Crippen LogP contribution in [0.15, 0.2) is 54.1 Å². The zero-order valence-electron chi connectivity index (χ0n) is 12.4. The number of rotatable bonds is 4. The van der Waals surface area contributed by atoms with Crippen molar-refractivity contribution in [2.45, 2.75) is 13.0 Å². The lowest BCUT2D eigenvalue weighted by Gasteiger charge is -2.13. The number of amides is 1. The first-order valence-electron chi connectivity index (χ1n) is 6.94. The molecular weight excluding hydrogens is 331 g/mol. The lowest BCUT2D eigenvalue weighted by molar-refractivity contribution is -0.117. The van der Waals surface area contributed by atoms with Gasteiger partial charge in [-0.25, -0.2) is 0 Å². The van der Waals surface area contributed by atoms with Gasteiger partial charge in [-0.05, 0) is 36.3 Å². The molecule has 0 saturated carbocycles. The van der Waals surface area contributed by atoms with Crippen LogP contribution in [0.4, 0.5) is 0 Å². The van der Waals surface area contributed by atoms with Gasteiger partial charge in [0, 0.05) is 10.0 Å². The average Bonchev–Trinajstić information content (AvgIpc) is 2.54. The summed E-state index contributed by atoms with van der Waals surface area (Å²) in [6.45, 7) is 1.86. The molecule has 1 atom stereocenters. The largest absolute Gasteiger partial charge is 0.345 e. The highest BCUT2D eigenvalue weighted by atomic mass is 35.5. The van der Waals surface area contributed by atoms with Crippen LogP contribution in [0, 0.1) is 11.3 Å². The first-order chi connectivity index (χ1) is 11.0. The normalized spacial score (nSPS) is 12.3. The molecule has 1 N–H and O–H groups in total. The second kappa shape index (κ2) is 7.82. The average molecular weight is 345 g/mol. The quantitative estimate of drug-likeness (QED) is 0.641. The van der Waals surface area contributed by atoms with Gasteiger partial charge in [-0.1, -0.05) is 59.6 Å². The Hall–Kier alpha value is -2.28. The fourth-order valence-electron chi connectivity index (χ4n) is 2.02. The molecule has 2 aromatic rings. The molecule has 5 heteroatoms. The molecule has 23 heavy (non-hydrogen) atoms. The van der Waals surface area contributed by atoms with Crippen molar-refractivity contribution in [3.05, 3.63) is 75.3 Å². The topological polar surface area (TPSA) is 52.9 Å². The number of nitrogens with one attached hydrogen (secondary N) is 1. The van der Waals surface area contributed by atoms with Gasteiger partial charge in [0.15, 0.2) is 0 Å². The standard InChI is InChI=1S/C18H14Cl2N2O/c1-12(13-5-3-2-4-6-13)22-18(23)15(11-21)9-14-7-8-16(19)10-17(14)20/h2-10,12H,1H3,(H,22,23)/b15-9+/t12-/m1/s1. The van der Waals surface area contributed by atoms with Crippen molar-refractivity contribution in [2.24, 2.45) is 0 Å². The van der Waals surface area contributed by atoms with Crippen LogP contribution in [0.2, 0.25) is 10.0 Å². The molecule has 0 radical (unpaired) electrons. The molecule has 0 saturated heterocycles. The minimum absolute atomic E-state index is 0.0167. The van der Waals surface area contributed by atoms with E-state index in [1.54, 1.807) is 18.2 Å². The summed E-state index contributed by atoms with van der Waals surface area (Å²) in [6.07, 6.45) is 1.45. The Morgan fingerprint density at radius 3 is 2.52 bits per heavy atom. The maximum atomic E-state index is 12.3. The third-order valence-electron chi connectivity index (χ3n) is 3.27. The first kappa shape index (κ1) is 17.1. The summed E-state index contributed by atoms with van der Waals surface area (Å²) in [6, 6.07) is 16.1. The smallest absolute Gasteiger partial charge is 0.262 e. The molecule has 0 aliphatic carbocycles. The van der Waals surface area contributed by atoms with Gasteiger partial charge < -0.3 is 5.32 Å². The van der Waals surface area contributed by atoms with Gasteiger partial charge in [0.2, 0.25) is 0 Å². The van der Waals surface area contributed by atoms with Crippen molar-refractivity contribution in [2.75, 3.05) is 0 Å². The molecule has 0 spiro atoms. The molecule has 0 aliphatic heterocycles. The first-order valence-corrected chi connectivity index (χ1v) is 7.69. The van der Waals surface area contributed by atoms with E-state index in [0.717, 1.165) is 5.56 Å². The molecular formula is C18H14Cl2N2O. The summed E-state index contributed by atoms with van der Waals surface area (Å²) in [5.41, 5.74) is 1.51. The minimum atomic E-state index is -0.449. The highest BCUT2D eigenvalue weighted by molar-refractivity contribution is 6.35. The van der Waals surface area contributed by atoms with Crippen molar-refractivity contribution >= 4 is 35.2 Å². The summed E-state index contributed by atoms with van der Waals surface area (Å²) in [7, 11) is 0. The molecule has 2 rings (SSSR count). The Morgan fingerprint density at radius 1 is 1.22 bits per heavy atom. The van der Waals surface area contributed by atoms with E-state index in [1.165, 1.54) is 6.08 Å². The third-order valence-corrected chi connectivity index (χ3v) is 3.84. The van der Waals surface area contributed by atoms with E-state index >= 15 is 0 Å². The third kappa shape index (κ3) is 4.59. The van der Waals surface area contributed by atoms with Gasteiger partial charge in [0.1, 0.15) is 11.6 Å². The maximum Gasteiger partial charge on any atom is 0.262 e. The Labute approximate surface area is 145 Å². The lowest BCUT2D eigenvalue weighted by atomic mass is 10.1. The molecule has 2 aromatic carbocycles. The van der Waals surface area contributed by atoms with Crippen molar-refractivity contribution in [3.63, 3.8) is 0 Å². The summed E-state index contributed by atoms with van der Waals surface area (Å²) >= 11 is 11.9. The van der Waals surface area contributed by atoms with Gasteiger partial charge in [0.25, 0.3) is 5.91 Å². The predicted octanol–water partition coefficient (Wildman–Crippen LogP) is 4.78. The molecule has 0 aromatic heterocycles. The van der Waals surface area contributed by atoms with Crippen molar-refractivity contribution in [1.29, 1.82) is 5.26 Å². The van der Waals surface area contributed by atoms with Crippen molar-refractivity contribution in [3.8, 4) is 6.07 Å². The molecule has 0 heterocycles. The van der Waals surface area contributed by atoms with Gasteiger partial charge in [-0.3, -0.25) is 4.79 Å². The van der Waals surface area contributed by atoms with Crippen LogP contribution in [0.5, 0.6) is 0 Å². The summed E-state index contributed by atoms with van der Waals surface area (Å²) in [5, 5.41) is 12.9. The van der Waals surface area contributed by atoms with E-state index in [1.807, 2.05) is 43.3 Å². The van der Waals surface area contributed by atoms with Crippen LogP contribution < -0.4 is 5.32 Å². The van der Waals surface area contributed by atoms with Crippen LogP contribution in [-0.4, -0.2) is 5.91 Å². The number of halogens is 2. The second-order valence-electron chi connectivity index (χ2n) is 4.94. The van der Waals surface area contributed by atoms with E-state index in [-0.39, 0.29) is 11.6 Å². The second-order valence-corrected chi connectivity index (χ2v) is 5.79. The van der Waals surface area contributed by atoms with Crippen molar-refractivity contribution < 1.29 is 4.79 Å². The van der Waals surface area contributed by atoms with E-state index in [4.69, 9.17) is 23.2 Å². The Morgan fingerprint density at radius 2 is 1.91 bits per heavy atom. The molecule has 1 amide bonds. The number of nitrogens with zero attached hydrogens (tertiary/aromatic N) is 1. The molecule has 116 valence electrons. The number of nitriles is 1. The van der Waals surface area contributed by atoms with Crippen LogP contribution >= 0.6 is 23.2 Å². The number of carbonyl (C=O) groups excluding carboxylic acids is 1. The van der Waals surface area contributed by atoms with Crippen LogP contribution in [0.1, 0.15) is 24.1 Å². The summed E-state index contributed by atoms with van der Waals surface area (Å²) in [5.74, 6) is -0.449. The molecule has 0 unspecified atom stereocenters. The number of hydrogen-bond donors (Lipinski definition) is 1. The molecule has 0 bridgehead atoms. The number of hydrogen-bond acceptors (Lipinski definition) is 2.